The summed E-state index contributed by atoms with van der Waals surface area (Å²) in [6, 6.07) is 0. The van der Waals surface area contributed by atoms with Crippen LogP contribution in [0.3, 0.4) is 0 Å². The van der Waals surface area contributed by atoms with E-state index in [1.54, 1.807) is 0 Å². The van der Waals surface area contributed by atoms with Gasteiger partial charge in [0.25, 0.3) is 10.1 Å². The number of aliphatic hydroxyl groups excluding tert-OH is 1. The fourth-order valence-corrected chi connectivity index (χ4v) is 4.40. The SMILES string of the molecule is CCCCCCCCC(CCCCC(O)CCCCCCC)S(=O)(=O)O. The predicted octanol–water partition coefficient (Wildman–Crippen LogP) is 6.28. The first-order valence-electron chi connectivity index (χ1n) is 11.1. The molecule has 0 aromatic carbocycles. The van der Waals surface area contributed by atoms with Gasteiger partial charge in [-0.1, -0.05) is 97.3 Å². The minimum Gasteiger partial charge on any atom is -0.393 e. The number of unbranched alkanes of at least 4 members (excludes halogenated alkanes) is 10. The van der Waals surface area contributed by atoms with Crippen molar-refractivity contribution in [3.05, 3.63) is 0 Å². The molecule has 2 atom stereocenters. The lowest BCUT2D eigenvalue weighted by molar-refractivity contribution is 0.147. The van der Waals surface area contributed by atoms with Gasteiger partial charge in [0.1, 0.15) is 0 Å². The Morgan fingerprint density at radius 1 is 0.615 bits per heavy atom. The molecule has 5 heteroatoms. The van der Waals surface area contributed by atoms with Crippen molar-refractivity contribution in [2.75, 3.05) is 0 Å². The van der Waals surface area contributed by atoms with Gasteiger partial charge in [0, 0.05) is 0 Å². The maximum absolute atomic E-state index is 11.6. The number of rotatable bonds is 19. The fourth-order valence-electron chi connectivity index (χ4n) is 3.47. The molecule has 158 valence electrons. The number of hydrogen-bond donors (Lipinski definition) is 2. The molecule has 0 saturated carbocycles. The average Bonchev–Trinajstić information content (AvgIpc) is 2.58. The Balaban J connectivity index is 3.83. The Kier molecular flexibility index (Phi) is 16.9. The third-order valence-corrected chi connectivity index (χ3v) is 6.57. The summed E-state index contributed by atoms with van der Waals surface area (Å²) >= 11 is 0. The van der Waals surface area contributed by atoms with Crippen molar-refractivity contribution < 1.29 is 18.1 Å². The highest BCUT2D eigenvalue weighted by Gasteiger charge is 2.22. The van der Waals surface area contributed by atoms with Crippen molar-refractivity contribution in [2.45, 2.75) is 134 Å². The number of hydrogen-bond acceptors (Lipinski definition) is 3. The van der Waals surface area contributed by atoms with Gasteiger partial charge < -0.3 is 5.11 Å². The molecular formula is C21H44O4S. The van der Waals surface area contributed by atoms with E-state index in [2.05, 4.69) is 13.8 Å². The smallest absolute Gasteiger partial charge is 0.267 e. The van der Waals surface area contributed by atoms with Crippen LogP contribution in [0.1, 0.15) is 123 Å². The maximum Gasteiger partial charge on any atom is 0.267 e. The van der Waals surface area contributed by atoms with Gasteiger partial charge in [0.2, 0.25) is 0 Å². The molecule has 0 bridgehead atoms. The average molecular weight is 393 g/mol. The second-order valence-electron chi connectivity index (χ2n) is 7.83. The van der Waals surface area contributed by atoms with Crippen LogP contribution in [0.25, 0.3) is 0 Å². The van der Waals surface area contributed by atoms with Crippen molar-refractivity contribution in [1.29, 1.82) is 0 Å². The third kappa shape index (κ3) is 16.1. The van der Waals surface area contributed by atoms with E-state index >= 15 is 0 Å². The largest absolute Gasteiger partial charge is 0.393 e. The van der Waals surface area contributed by atoms with Crippen molar-refractivity contribution in [1.82, 2.24) is 0 Å². The molecule has 0 aromatic rings. The molecule has 0 radical (unpaired) electrons. The van der Waals surface area contributed by atoms with Crippen molar-refractivity contribution >= 4 is 10.1 Å². The predicted molar refractivity (Wildman–Crippen MR) is 111 cm³/mol. The van der Waals surface area contributed by atoms with Crippen LogP contribution in [0.5, 0.6) is 0 Å². The van der Waals surface area contributed by atoms with Crippen molar-refractivity contribution in [3.8, 4) is 0 Å². The zero-order chi connectivity index (χ0) is 19.7. The molecule has 0 aliphatic carbocycles. The highest BCUT2D eigenvalue weighted by molar-refractivity contribution is 7.86. The van der Waals surface area contributed by atoms with E-state index < -0.39 is 15.4 Å². The molecule has 0 saturated heterocycles. The van der Waals surface area contributed by atoms with Crippen molar-refractivity contribution in [3.63, 3.8) is 0 Å². The van der Waals surface area contributed by atoms with Gasteiger partial charge >= 0.3 is 0 Å². The van der Waals surface area contributed by atoms with Crippen LogP contribution in [0.2, 0.25) is 0 Å². The minimum absolute atomic E-state index is 0.264. The highest BCUT2D eigenvalue weighted by Crippen LogP contribution is 2.19. The normalized spacial score (nSPS) is 14.5. The van der Waals surface area contributed by atoms with E-state index in [9.17, 15) is 18.1 Å². The van der Waals surface area contributed by atoms with Gasteiger partial charge in [0.15, 0.2) is 0 Å². The number of aliphatic hydroxyl groups is 1. The first-order chi connectivity index (χ1) is 12.4. The molecule has 2 N–H and O–H groups in total. The Morgan fingerprint density at radius 3 is 1.42 bits per heavy atom. The van der Waals surface area contributed by atoms with E-state index in [1.165, 1.54) is 44.9 Å². The van der Waals surface area contributed by atoms with Gasteiger partial charge in [-0.05, 0) is 25.7 Å². The molecule has 0 aromatic heterocycles. The van der Waals surface area contributed by atoms with E-state index in [4.69, 9.17) is 0 Å². The van der Waals surface area contributed by atoms with Gasteiger partial charge in [-0.3, -0.25) is 4.55 Å². The Bertz CT molecular complexity index is 395. The molecule has 0 heterocycles. The van der Waals surface area contributed by atoms with Gasteiger partial charge in [0.05, 0.1) is 11.4 Å². The molecule has 0 rings (SSSR count). The zero-order valence-electron chi connectivity index (χ0n) is 17.3. The van der Waals surface area contributed by atoms with Crippen LogP contribution in [-0.4, -0.2) is 29.4 Å². The van der Waals surface area contributed by atoms with Gasteiger partial charge in [-0.2, -0.15) is 8.42 Å². The summed E-state index contributed by atoms with van der Waals surface area (Å²) in [5, 5.41) is 9.38. The van der Waals surface area contributed by atoms with Crippen LogP contribution in [0.4, 0.5) is 0 Å². The summed E-state index contributed by atoms with van der Waals surface area (Å²) < 4.78 is 32.6. The molecule has 4 nitrogen and oxygen atoms in total. The highest BCUT2D eigenvalue weighted by atomic mass is 32.2. The van der Waals surface area contributed by atoms with E-state index in [0.717, 1.165) is 51.4 Å². The van der Waals surface area contributed by atoms with Crippen LogP contribution >= 0.6 is 0 Å². The summed E-state index contributed by atoms with van der Waals surface area (Å²) in [7, 11) is -3.95. The molecule has 0 aliphatic heterocycles. The van der Waals surface area contributed by atoms with Crippen LogP contribution in [-0.2, 0) is 10.1 Å². The third-order valence-electron chi connectivity index (χ3n) is 5.26. The fraction of sp³-hybridized carbons (Fsp3) is 1.00. The molecule has 0 aliphatic rings. The summed E-state index contributed by atoms with van der Waals surface area (Å²) in [4.78, 5) is 0. The lowest BCUT2D eigenvalue weighted by Crippen LogP contribution is -2.20. The summed E-state index contributed by atoms with van der Waals surface area (Å²) in [5.41, 5.74) is 0. The molecule has 0 fully saturated rings. The Hall–Kier alpha value is -0.130. The Labute approximate surface area is 162 Å². The second kappa shape index (κ2) is 17.0. The topological polar surface area (TPSA) is 74.6 Å². The molecule has 26 heavy (non-hydrogen) atoms. The minimum atomic E-state index is -3.95. The molecule has 2 unspecified atom stereocenters. The Morgan fingerprint density at radius 2 is 0.962 bits per heavy atom. The lowest BCUT2D eigenvalue weighted by Gasteiger charge is -2.15. The van der Waals surface area contributed by atoms with E-state index in [1.807, 2.05) is 0 Å². The maximum atomic E-state index is 11.6. The molecule has 0 amide bonds. The first-order valence-corrected chi connectivity index (χ1v) is 12.6. The first kappa shape index (κ1) is 25.9. The van der Waals surface area contributed by atoms with Crippen LogP contribution in [0, 0.1) is 0 Å². The summed E-state index contributed by atoms with van der Waals surface area (Å²) in [6.45, 7) is 4.37. The standard InChI is InChI=1S/C21H44O4S/c1-3-5-7-9-11-13-18-21(26(23,24)25)19-15-14-17-20(22)16-12-10-8-6-4-2/h20-22H,3-19H2,1-2H3,(H,23,24,25). The van der Waals surface area contributed by atoms with Gasteiger partial charge in [-0.15, -0.1) is 0 Å². The van der Waals surface area contributed by atoms with Crippen molar-refractivity contribution in [2.24, 2.45) is 0 Å². The zero-order valence-corrected chi connectivity index (χ0v) is 18.1. The lowest BCUT2D eigenvalue weighted by atomic mass is 10.0. The molecular weight excluding hydrogens is 348 g/mol. The quantitative estimate of drug-likeness (QED) is 0.200. The van der Waals surface area contributed by atoms with E-state index in [0.29, 0.717) is 12.8 Å². The van der Waals surface area contributed by atoms with Crippen LogP contribution < -0.4 is 0 Å². The van der Waals surface area contributed by atoms with Crippen LogP contribution in [0.15, 0.2) is 0 Å². The second-order valence-corrected chi connectivity index (χ2v) is 9.53. The summed E-state index contributed by atoms with van der Waals surface area (Å²) in [6.07, 6.45) is 16.7. The molecule has 0 spiro atoms. The monoisotopic (exact) mass is 392 g/mol. The van der Waals surface area contributed by atoms with E-state index in [-0.39, 0.29) is 6.10 Å². The summed E-state index contributed by atoms with van der Waals surface area (Å²) in [5.74, 6) is 0. The van der Waals surface area contributed by atoms with Gasteiger partial charge in [-0.25, -0.2) is 0 Å².